The molecule has 0 unspecified atom stereocenters. The molecule has 160 valence electrons. The highest BCUT2D eigenvalue weighted by Gasteiger charge is 2.26. The molecule has 0 aliphatic rings. The number of fused-ring (bicyclic) bond motifs is 1. The van der Waals surface area contributed by atoms with E-state index in [1.165, 1.54) is 0 Å². The first-order valence-electron chi connectivity index (χ1n) is 9.12. The van der Waals surface area contributed by atoms with Crippen LogP contribution in [0.5, 0.6) is 11.5 Å². The quantitative estimate of drug-likeness (QED) is 0.278. The minimum atomic E-state index is -1.48. The summed E-state index contributed by atoms with van der Waals surface area (Å²) in [5.41, 5.74) is 0.498. The van der Waals surface area contributed by atoms with Gasteiger partial charge in [-0.25, -0.2) is 4.98 Å². The SMILES string of the molecule is Cc1ccccc1-c1nc2cc(N=Cc3cc([N+](=O)[O-])c([O-])c([N+](=O)[O-])c3O)ccc2o1. The molecule has 0 atom stereocenters. The number of benzene rings is 3. The topological polar surface area (TPSA) is 168 Å². The second-order valence-corrected chi connectivity index (χ2v) is 6.77. The van der Waals surface area contributed by atoms with Gasteiger partial charge in [0, 0.05) is 23.4 Å². The van der Waals surface area contributed by atoms with E-state index < -0.39 is 32.7 Å². The molecule has 1 heterocycles. The number of nitrogens with zero attached hydrogens (tertiary/aromatic N) is 4. The number of nitro groups is 2. The average molecular weight is 433 g/mol. The van der Waals surface area contributed by atoms with Gasteiger partial charge in [0.1, 0.15) is 5.52 Å². The van der Waals surface area contributed by atoms with Crippen molar-refractivity contribution in [1.82, 2.24) is 4.98 Å². The first-order chi connectivity index (χ1) is 15.3. The van der Waals surface area contributed by atoms with Crippen LogP contribution in [0.4, 0.5) is 17.1 Å². The van der Waals surface area contributed by atoms with E-state index in [9.17, 15) is 30.4 Å². The maximum Gasteiger partial charge on any atom is 0.310 e. The third-order valence-electron chi connectivity index (χ3n) is 4.72. The summed E-state index contributed by atoms with van der Waals surface area (Å²) in [6.07, 6.45) is 0.998. The monoisotopic (exact) mass is 433 g/mol. The molecule has 0 saturated heterocycles. The number of nitro benzene ring substituents is 2. The van der Waals surface area contributed by atoms with Gasteiger partial charge in [0.25, 0.3) is 5.69 Å². The molecular weight excluding hydrogens is 420 g/mol. The van der Waals surface area contributed by atoms with E-state index in [0.717, 1.165) is 23.4 Å². The maximum absolute atomic E-state index is 11.9. The van der Waals surface area contributed by atoms with Gasteiger partial charge in [-0.05, 0) is 36.8 Å². The molecule has 0 aliphatic carbocycles. The van der Waals surface area contributed by atoms with Gasteiger partial charge in [-0.1, -0.05) is 18.2 Å². The minimum Gasteiger partial charge on any atom is -0.863 e. The highest BCUT2D eigenvalue weighted by atomic mass is 16.6. The molecule has 32 heavy (non-hydrogen) atoms. The summed E-state index contributed by atoms with van der Waals surface area (Å²) in [6, 6.07) is 13.1. The van der Waals surface area contributed by atoms with Crippen molar-refractivity contribution in [3.05, 3.63) is 79.9 Å². The van der Waals surface area contributed by atoms with Gasteiger partial charge in [0.05, 0.1) is 21.3 Å². The predicted octanol–water partition coefficient (Wildman–Crippen LogP) is 4.15. The Morgan fingerprint density at radius 1 is 1.09 bits per heavy atom. The summed E-state index contributed by atoms with van der Waals surface area (Å²) in [6.45, 7) is 1.93. The van der Waals surface area contributed by atoms with Crippen molar-refractivity contribution in [2.24, 2.45) is 4.99 Å². The van der Waals surface area contributed by atoms with Gasteiger partial charge in [-0.3, -0.25) is 25.2 Å². The molecule has 1 aromatic heterocycles. The molecule has 4 aromatic rings. The number of aromatic hydroxyl groups is 1. The summed E-state index contributed by atoms with van der Waals surface area (Å²) in [5, 5.41) is 44.1. The largest absolute Gasteiger partial charge is 0.863 e. The molecule has 4 rings (SSSR count). The van der Waals surface area contributed by atoms with E-state index in [0.29, 0.717) is 22.7 Å². The molecule has 0 bridgehead atoms. The van der Waals surface area contributed by atoms with Gasteiger partial charge in [0.15, 0.2) is 5.58 Å². The Morgan fingerprint density at radius 3 is 2.53 bits per heavy atom. The van der Waals surface area contributed by atoms with Crippen LogP contribution in [-0.2, 0) is 0 Å². The molecule has 0 spiro atoms. The number of rotatable bonds is 5. The van der Waals surface area contributed by atoms with Crippen molar-refractivity contribution in [2.45, 2.75) is 6.92 Å². The Balaban J connectivity index is 1.74. The third kappa shape index (κ3) is 3.58. The van der Waals surface area contributed by atoms with Crippen molar-refractivity contribution in [3.63, 3.8) is 0 Å². The first-order valence-corrected chi connectivity index (χ1v) is 9.12. The lowest BCUT2D eigenvalue weighted by molar-refractivity contribution is -0.416. The van der Waals surface area contributed by atoms with Gasteiger partial charge in [-0.15, -0.1) is 0 Å². The number of hydrogen-bond acceptors (Lipinski definition) is 9. The molecule has 0 aliphatic heterocycles. The Morgan fingerprint density at radius 2 is 1.84 bits per heavy atom. The van der Waals surface area contributed by atoms with Crippen LogP contribution in [0.1, 0.15) is 11.1 Å². The van der Waals surface area contributed by atoms with Crippen LogP contribution in [0.2, 0.25) is 0 Å². The van der Waals surface area contributed by atoms with Crippen LogP contribution in [0.15, 0.2) is 57.9 Å². The van der Waals surface area contributed by atoms with Crippen molar-refractivity contribution >= 4 is 34.4 Å². The Bertz CT molecular complexity index is 1430. The molecule has 3 aromatic carbocycles. The van der Waals surface area contributed by atoms with E-state index >= 15 is 0 Å². The molecule has 0 fully saturated rings. The number of oxazole rings is 1. The fraction of sp³-hybridized carbons (Fsp3) is 0.0476. The van der Waals surface area contributed by atoms with Crippen molar-refractivity contribution < 1.29 is 24.5 Å². The number of phenolic OH excluding ortho intramolecular Hbond substituents is 1. The van der Waals surface area contributed by atoms with Crippen LogP contribution in [0.25, 0.3) is 22.6 Å². The van der Waals surface area contributed by atoms with E-state index in [1.54, 1.807) is 18.2 Å². The van der Waals surface area contributed by atoms with Crippen LogP contribution in [0.3, 0.4) is 0 Å². The maximum atomic E-state index is 11.9. The number of aromatic nitrogens is 1. The lowest BCUT2D eigenvalue weighted by Gasteiger charge is -2.10. The van der Waals surface area contributed by atoms with Crippen LogP contribution in [-0.4, -0.2) is 26.2 Å². The molecule has 0 saturated carbocycles. The average Bonchev–Trinajstić information content (AvgIpc) is 3.16. The van der Waals surface area contributed by atoms with Crippen molar-refractivity contribution in [3.8, 4) is 23.0 Å². The van der Waals surface area contributed by atoms with Crippen molar-refractivity contribution in [2.75, 3.05) is 0 Å². The Kier molecular flexibility index (Phi) is 4.99. The number of aryl methyl sites for hydroxylation is 1. The summed E-state index contributed by atoms with van der Waals surface area (Å²) in [5.74, 6) is -2.06. The fourth-order valence-electron chi connectivity index (χ4n) is 3.12. The summed E-state index contributed by atoms with van der Waals surface area (Å²) in [7, 11) is 0. The number of phenols is 1. The van der Waals surface area contributed by atoms with Crippen LogP contribution in [0, 0.1) is 27.2 Å². The molecular formula is C21H13N4O7-. The van der Waals surface area contributed by atoms with E-state index in [1.807, 2.05) is 31.2 Å². The molecule has 0 radical (unpaired) electrons. The number of hydrogen-bond donors (Lipinski definition) is 1. The fourth-order valence-corrected chi connectivity index (χ4v) is 3.12. The summed E-state index contributed by atoms with van der Waals surface area (Å²) >= 11 is 0. The highest BCUT2D eigenvalue weighted by Crippen LogP contribution is 2.42. The molecule has 1 N–H and O–H groups in total. The van der Waals surface area contributed by atoms with E-state index in [-0.39, 0.29) is 5.56 Å². The smallest absolute Gasteiger partial charge is 0.310 e. The number of aliphatic imine (C=N–C) groups is 1. The summed E-state index contributed by atoms with van der Waals surface area (Å²) < 4.78 is 5.78. The first kappa shape index (κ1) is 20.5. The van der Waals surface area contributed by atoms with Gasteiger partial charge < -0.3 is 14.6 Å². The molecule has 0 amide bonds. The predicted molar refractivity (Wildman–Crippen MR) is 112 cm³/mol. The van der Waals surface area contributed by atoms with Gasteiger partial charge >= 0.3 is 5.69 Å². The lowest BCUT2D eigenvalue weighted by Crippen LogP contribution is -2.04. The Hall–Kier alpha value is -4.80. The van der Waals surface area contributed by atoms with Crippen LogP contribution < -0.4 is 5.11 Å². The third-order valence-corrected chi connectivity index (χ3v) is 4.72. The zero-order chi connectivity index (χ0) is 23.0. The van der Waals surface area contributed by atoms with Gasteiger partial charge in [-0.2, -0.15) is 0 Å². The highest BCUT2D eigenvalue weighted by molar-refractivity contribution is 5.91. The van der Waals surface area contributed by atoms with E-state index in [2.05, 4.69) is 9.98 Å². The molecule has 11 heteroatoms. The molecule has 11 nitrogen and oxygen atoms in total. The zero-order valence-electron chi connectivity index (χ0n) is 16.4. The standard InChI is InChI=1S/C21H14N4O7/c1-11-4-2-3-5-14(11)21-23-15-9-13(6-7-17(15)32-21)22-10-12-8-16(24(28)29)20(27)18(19(12)26)25(30)31/h2-10,26-27H,1H3/p-1. The van der Waals surface area contributed by atoms with Crippen LogP contribution >= 0.6 is 0 Å². The second kappa shape index (κ2) is 7.80. The Labute approximate surface area is 179 Å². The minimum absolute atomic E-state index is 0.344. The normalized spacial score (nSPS) is 11.3. The van der Waals surface area contributed by atoms with Crippen molar-refractivity contribution in [1.29, 1.82) is 0 Å². The van der Waals surface area contributed by atoms with E-state index in [4.69, 9.17) is 4.42 Å². The second-order valence-electron chi connectivity index (χ2n) is 6.77. The lowest BCUT2D eigenvalue weighted by atomic mass is 10.1. The zero-order valence-corrected chi connectivity index (χ0v) is 16.4. The van der Waals surface area contributed by atoms with Gasteiger partial charge in [0.2, 0.25) is 11.6 Å². The summed E-state index contributed by atoms with van der Waals surface area (Å²) in [4.78, 5) is 28.5.